The zero-order valence-corrected chi connectivity index (χ0v) is 41.6. The molecular formula is C49H75N3O7Si2. The van der Waals surface area contributed by atoms with E-state index in [-0.39, 0.29) is 47.3 Å². The minimum Gasteiger partial charge on any atom is -0.461 e. The molecule has 61 heavy (non-hydrogen) atoms. The van der Waals surface area contributed by atoms with Crippen LogP contribution in [0, 0.1) is 11.8 Å². The van der Waals surface area contributed by atoms with Crippen molar-refractivity contribution in [3.8, 4) is 0 Å². The highest BCUT2D eigenvalue weighted by Crippen LogP contribution is 2.47. The molecule has 0 saturated heterocycles. The molecule has 2 amide bonds. The van der Waals surface area contributed by atoms with E-state index in [9.17, 15) is 14.4 Å². The number of unbranched alkanes of at least 4 members (excludes halogenated alkanes) is 1. The first kappa shape index (κ1) is 49.8. The third kappa shape index (κ3) is 14.6. The van der Waals surface area contributed by atoms with Gasteiger partial charge >= 0.3 is 12.1 Å². The van der Waals surface area contributed by atoms with Crippen molar-refractivity contribution in [2.24, 2.45) is 11.8 Å². The monoisotopic (exact) mass is 874 g/mol. The summed E-state index contributed by atoms with van der Waals surface area (Å²) in [4.78, 5) is 43.1. The Kier molecular flexibility index (Phi) is 16.8. The van der Waals surface area contributed by atoms with E-state index in [4.69, 9.17) is 18.3 Å². The van der Waals surface area contributed by atoms with Crippen molar-refractivity contribution in [2.45, 2.75) is 168 Å². The van der Waals surface area contributed by atoms with Crippen LogP contribution >= 0.6 is 0 Å². The molecule has 0 spiro atoms. The molecule has 4 rings (SSSR count). The van der Waals surface area contributed by atoms with Gasteiger partial charge in [-0.05, 0) is 129 Å². The Balaban J connectivity index is 1.30. The number of allylic oxidation sites excluding steroid dienone is 2. The Morgan fingerprint density at radius 3 is 2.10 bits per heavy atom. The minimum atomic E-state index is -1.97. The van der Waals surface area contributed by atoms with Crippen LogP contribution in [0.25, 0.3) is 10.8 Å². The summed E-state index contributed by atoms with van der Waals surface area (Å²) in [5, 5.41) is 7.95. The zero-order valence-electron chi connectivity index (χ0n) is 39.6. The topological polar surface area (TPSA) is 125 Å². The molecule has 12 heteroatoms. The molecule has 1 fully saturated rings. The summed E-state index contributed by atoms with van der Waals surface area (Å²) in [5.74, 6) is -0.474. The molecule has 10 nitrogen and oxygen atoms in total. The number of carbonyl (C=O) groups excluding carboxylic acids is 3. The van der Waals surface area contributed by atoms with E-state index in [2.05, 4.69) is 102 Å². The first-order valence-corrected chi connectivity index (χ1v) is 27.9. The summed E-state index contributed by atoms with van der Waals surface area (Å²) in [6, 6.07) is 14.8. The van der Waals surface area contributed by atoms with Crippen LogP contribution in [-0.4, -0.2) is 63.9 Å². The molecule has 0 aliphatic heterocycles. The van der Waals surface area contributed by atoms with Crippen molar-refractivity contribution in [2.75, 3.05) is 11.9 Å². The summed E-state index contributed by atoms with van der Waals surface area (Å²) in [7, 11) is -3.91. The number of rotatable bonds is 17. The fourth-order valence-corrected chi connectivity index (χ4v) is 9.87. The van der Waals surface area contributed by atoms with Crippen molar-refractivity contribution >= 4 is 51.1 Å². The largest absolute Gasteiger partial charge is 0.461 e. The fourth-order valence-electron chi connectivity index (χ4n) is 7.07. The van der Waals surface area contributed by atoms with Crippen LogP contribution in [0.3, 0.4) is 0 Å². The summed E-state index contributed by atoms with van der Waals surface area (Å²) in [6.45, 7) is 31.1. The van der Waals surface area contributed by atoms with E-state index < -0.39 is 34.2 Å². The smallest absolute Gasteiger partial charge is 0.407 e. The molecule has 5 atom stereocenters. The number of anilines is 1. The van der Waals surface area contributed by atoms with Gasteiger partial charge in [-0.15, -0.1) is 0 Å². The van der Waals surface area contributed by atoms with Crippen molar-refractivity contribution in [1.29, 1.82) is 0 Å². The maximum absolute atomic E-state index is 13.7. The number of nitrogens with zero attached hydrogens (tertiary/aromatic N) is 1. The highest BCUT2D eigenvalue weighted by molar-refractivity contribution is 6.74. The number of alkyl carbamates (subject to hydrolysis) is 1. The van der Waals surface area contributed by atoms with Crippen LogP contribution in [0.15, 0.2) is 73.1 Å². The van der Waals surface area contributed by atoms with Crippen LogP contribution < -0.4 is 10.6 Å². The second-order valence-corrected chi connectivity index (χ2v) is 30.5. The number of nitrogens with one attached hydrogen (secondary N) is 2. The fraction of sp³-hybridized carbons (Fsp3) is 0.592. The zero-order chi connectivity index (χ0) is 45.4. The third-order valence-electron chi connectivity index (χ3n) is 12.9. The molecule has 1 aromatic heterocycles. The Bertz CT molecular complexity index is 1960. The van der Waals surface area contributed by atoms with Gasteiger partial charge in [-0.25, -0.2) is 4.79 Å². The number of fused-ring (bicyclic) bond motifs is 1. The van der Waals surface area contributed by atoms with Crippen LogP contribution in [0.4, 0.5) is 10.5 Å². The number of amides is 2. The lowest BCUT2D eigenvalue weighted by molar-refractivity contribution is -0.145. The predicted octanol–water partition coefficient (Wildman–Crippen LogP) is 12.1. The van der Waals surface area contributed by atoms with Gasteiger partial charge < -0.3 is 29.0 Å². The second-order valence-electron chi connectivity index (χ2n) is 21.0. The van der Waals surface area contributed by atoms with Crippen LogP contribution in [-0.2, 0) is 34.5 Å². The maximum Gasteiger partial charge on any atom is 0.407 e. The van der Waals surface area contributed by atoms with E-state index in [1.807, 2.05) is 48.5 Å². The van der Waals surface area contributed by atoms with Gasteiger partial charge in [0.25, 0.3) is 0 Å². The Hall–Kier alpha value is -3.85. The summed E-state index contributed by atoms with van der Waals surface area (Å²) in [5.41, 5.74) is 1.45. The summed E-state index contributed by atoms with van der Waals surface area (Å²) >= 11 is 0. The van der Waals surface area contributed by atoms with Crippen molar-refractivity contribution < 1.29 is 32.7 Å². The van der Waals surface area contributed by atoms with E-state index in [1.165, 1.54) is 0 Å². The first-order chi connectivity index (χ1) is 28.3. The van der Waals surface area contributed by atoms with Gasteiger partial charge in [-0.1, -0.05) is 91.0 Å². The van der Waals surface area contributed by atoms with Crippen molar-refractivity contribution in [3.05, 3.63) is 84.2 Å². The normalized spacial score (nSPS) is 19.5. The van der Waals surface area contributed by atoms with Crippen molar-refractivity contribution in [1.82, 2.24) is 10.3 Å². The molecule has 1 aliphatic carbocycles. The average Bonchev–Trinajstić information content (AvgIpc) is 3.42. The second kappa shape index (κ2) is 20.6. The van der Waals surface area contributed by atoms with Crippen molar-refractivity contribution in [3.63, 3.8) is 0 Å². The van der Waals surface area contributed by atoms with E-state index in [1.54, 1.807) is 33.2 Å². The van der Waals surface area contributed by atoms with Gasteiger partial charge in [0.05, 0.1) is 18.1 Å². The third-order valence-corrected chi connectivity index (χ3v) is 21.9. The number of hydrogen-bond acceptors (Lipinski definition) is 8. The predicted molar refractivity (Wildman–Crippen MR) is 253 cm³/mol. The standard InChI is InChI=1S/C49H75N3O7Si2/c1-34-40(43(59-61(13,14)49(8,9)10)30-42(34)58-60(11,12)48(5,6)7)19-17-15-16-18-20-44(53)56-33-35-21-23-36(24-22-35)41(32-51-46(55)57-47(2,3)4)45(54)52-39-26-25-38-31-50-28-27-37(38)29-39/h15,17,21-29,31,34,40-43H,16,18-20,30,32-33H2,1-14H3,(H,51,55)(H,52,54)/b17-15-/t34-,40?,41?,42?,43?/m1/s1. The number of ether oxygens (including phenoxy) is 2. The van der Waals surface area contributed by atoms with E-state index >= 15 is 0 Å². The lowest BCUT2D eigenvalue weighted by Crippen LogP contribution is -2.45. The minimum absolute atomic E-state index is 0.0259. The molecule has 4 unspecified atom stereocenters. The van der Waals surface area contributed by atoms with E-state index in [0.717, 1.165) is 35.6 Å². The molecule has 1 aliphatic rings. The summed E-state index contributed by atoms with van der Waals surface area (Å²) in [6.07, 6.45) is 11.4. The molecule has 0 radical (unpaired) electrons. The highest BCUT2D eigenvalue weighted by atomic mass is 28.4. The van der Waals surface area contributed by atoms with Crippen LogP contribution in [0.1, 0.15) is 118 Å². The number of esters is 1. The van der Waals surface area contributed by atoms with Gasteiger partial charge in [-0.3, -0.25) is 14.6 Å². The maximum atomic E-state index is 13.7. The van der Waals surface area contributed by atoms with Gasteiger partial charge in [0, 0.05) is 36.4 Å². The Morgan fingerprint density at radius 2 is 1.48 bits per heavy atom. The average molecular weight is 874 g/mol. The van der Waals surface area contributed by atoms with Crippen LogP contribution in [0.2, 0.25) is 36.3 Å². The number of aromatic nitrogens is 1. The van der Waals surface area contributed by atoms with Gasteiger partial charge in [0.15, 0.2) is 16.6 Å². The molecular weight excluding hydrogens is 799 g/mol. The summed E-state index contributed by atoms with van der Waals surface area (Å²) < 4.78 is 25.2. The molecule has 0 bridgehead atoms. The number of carbonyl (C=O) groups is 3. The highest BCUT2D eigenvalue weighted by Gasteiger charge is 2.49. The lowest BCUT2D eigenvalue weighted by Gasteiger charge is -2.40. The Labute approximate surface area is 368 Å². The SMILES string of the molecule is C[C@H]1C(O[Si](C)(C)C(C)(C)C)CC(O[Si](C)(C)C(C)(C)C)C1C/C=C\CCCC(=O)OCc1ccc(C(CNC(=O)OC(C)(C)C)C(=O)Nc2ccc3cnccc3c2)cc1. The number of pyridine rings is 1. The number of benzene rings is 2. The molecule has 1 heterocycles. The first-order valence-electron chi connectivity index (χ1n) is 22.1. The molecule has 3 aromatic rings. The van der Waals surface area contributed by atoms with Gasteiger partial charge in [0.1, 0.15) is 12.2 Å². The molecule has 2 N–H and O–H groups in total. The number of hydrogen-bond donors (Lipinski definition) is 2. The molecule has 1 saturated carbocycles. The van der Waals surface area contributed by atoms with Gasteiger partial charge in [-0.2, -0.15) is 0 Å². The van der Waals surface area contributed by atoms with Gasteiger partial charge in [0.2, 0.25) is 5.91 Å². The molecule has 336 valence electrons. The van der Waals surface area contributed by atoms with E-state index in [0.29, 0.717) is 35.9 Å². The quantitative estimate of drug-likeness (QED) is 0.0594. The Morgan fingerprint density at radius 1 is 0.836 bits per heavy atom. The lowest BCUT2D eigenvalue weighted by atomic mass is 9.92. The molecule has 2 aromatic carbocycles. The van der Waals surface area contributed by atoms with Crippen LogP contribution in [0.5, 0.6) is 0 Å².